The van der Waals surface area contributed by atoms with Crippen molar-refractivity contribution in [1.29, 1.82) is 0 Å². The number of hydrogen-bond donors (Lipinski definition) is 0. The van der Waals surface area contributed by atoms with Gasteiger partial charge in [-0.05, 0) is 36.5 Å². The van der Waals surface area contributed by atoms with Crippen LogP contribution in [0.25, 0.3) is 5.57 Å². The number of ether oxygens (including phenoxy) is 1. The van der Waals surface area contributed by atoms with E-state index in [0.29, 0.717) is 6.61 Å². The molecule has 1 aromatic carbocycles. The fourth-order valence-electron chi connectivity index (χ4n) is 2.47. The van der Waals surface area contributed by atoms with Crippen LogP contribution in [0.5, 0.6) is 0 Å². The van der Waals surface area contributed by atoms with Gasteiger partial charge < -0.3 is 4.74 Å². The van der Waals surface area contributed by atoms with E-state index in [-0.39, 0.29) is 5.97 Å². The molecule has 120 valence electrons. The molecule has 0 radical (unpaired) electrons. The average molecular weight is 324 g/mol. The fourth-order valence-corrected chi connectivity index (χ4v) is 2.97. The van der Waals surface area contributed by atoms with Crippen molar-refractivity contribution in [1.82, 2.24) is 0 Å². The Morgan fingerprint density at radius 1 is 1.26 bits per heavy atom. The van der Waals surface area contributed by atoms with Crippen molar-refractivity contribution >= 4 is 19.6 Å². The summed E-state index contributed by atoms with van der Waals surface area (Å²) in [6.45, 7) is 8.93. The minimum atomic E-state index is -1.46. The average Bonchev–Trinajstić information content (AvgIpc) is 2.50. The first-order valence-corrected chi connectivity index (χ1v) is 11.6. The molecular formula is C20H24O2Si. The lowest BCUT2D eigenvalue weighted by atomic mass is 9.86. The molecule has 1 aliphatic rings. The summed E-state index contributed by atoms with van der Waals surface area (Å²) >= 11 is 0. The monoisotopic (exact) mass is 324 g/mol. The number of carbonyl (C=O) groups excluding carboxylic acids is 1. The summed E-state index contributed by atoms with van der Waals surface area (Å²) in [5.41, 5.74) is 8.18. The number of esters is 1. The molecule has 0 fully saturated rings. The predicted molar refractivity (Wildman–Crippen MR) is 98.6 cm³/mol. The Hall–Kier alpha value is -2.05. The van der Waals surface area contributed by atoms with Gasteiger partial charge in [0, 0.05) is 11.6 Å². The molecule has 0 unspecified atom stereocenters. The zero-order valence-electron chi connectivity index (χ0n) is 14.4. The predicted octanol–water partition coefficient (Wildman–Crippen LogP) is 4.39. The highest BCUT2D eigenvalue weighted by Gasteiger charge is 2.17. The van der Waals surface area contributed by atoms with Crippen molar-refractivity contribution in [2.45, 2.75) is 39.4 Å². The van der Waals surface area contributed by atoms with Crippen molar-refractivity contribution in [2.75, 3.05) is 6.61 Å². The summed E-state index contributed by atoms with van der Waals surface area (Å²) < 4.78 is 4.97. The molecular weight excluding hydrogens is 300 g/mol. The summed E-state index contributed by atoms with van der Waals surface area (Å²) in [4.78, 5) is 11.6. The molecule has 0 saturated carbocycles. The fraction of sp³-hybridized carbons (Fsp3) is 0.350. The molecule has 3 heteroatoms. The molecule has 2 rings (SSSR count). The van der Waals surface area contributed by atoms with Gasteiger partial charge in [-0.15, -0.1) is 5.54 Å². The maximum Gasteiger partial charge on any atom is 0.330 e. The quantitative estimate of drug-likeness (QED) is 0.357. The minimum Gasteiger partial charge on any atom is -0.463 e. The molecule has 1 aliphatic carbocycles. The summed E-state index contributed by atoms with van der Waals surface area (Å²) in [6.07, 6.45) is 5.28. The Morgan fingerprint density at radius 2 is 2.00 bits per heavy atom. The van der Waals surface area contributed by atoms with E-state index >= 15 is 0 Å². The van der Waals surface area contributed by atoms with Crippen LogP contribution in [0.2, 0.25) is 19.6 Å². The van der Waals surface area contributed by atoms with Crippen LogP contribution in [0.4, 0.5) is 0 Å². The molecule has 1 aromatic rings. The van der Waals surface area contributed by atoms with Gasteiger partial charge in [-0.3, -0.25) is 0 Å². The zero-order valence-corrected chi connectivity index (χ0v) is 15.4. The van der Waals surface area contributed by atoms with Gasteiger partial charge in [-0.1, -0.05) is 55.9 Å². The highest BCUT2D eigenvalue weighted by Crippen LogP contribution is 2.31. The van der Waals surface area contributed by atoms with Gasteiger partial charge in [0.05, 0.1) is 6.61 Å². The van der Waals surface area contributed by atoms with Crippen LogP contribution in [0.15, 0.2) is 42.0 Å². The van der Waals surface area contributed by atoms with Gasteiger partial charge in [0.15, 0.2) is 0 Å². The van der Waals surface area contributed by atoms with E-state index in [0.717, 1.165) is 24.0 Å². The number of benzene rings is 1. The van der Waals surface area contributed by atoms with Crippen LogP contribution in [0.3, 0.4) is 0 Å². The molecule has 0 aliphatic heterocycles. The highest BCUT2D eigenvalue weighted by molar-refractivity contribution is 6.84. The van der Waals surface area contributed by atoms with E-state index in [1.165, 1.54) is 17.2 Å². The van der Waals surface area contributed by atoms with Gasteiger partial charge >= 0.3 is 5.97 Å². The third-order valence-corrected chi connectivity index (χ3v) is 4.42. The Morgan fingerprint density at radius 3 is 2.70 bits per heavy atom. The van der Waals surface area contributed by atoms with Crippen molar-refractivity contribution in [3.8, 4) is 11.5 Å². The van der Waals surface area contributed by atoms with Crippen molar-refractivity contribution < 1.29 is 9.53 Å². The number of aryl methyl sites for hydroxylation is 1. The second-order valence-electron chi connectivity index (χ2n) is 6.64. The number of rotatable bonds is 3. The molecule has 0 bridgehead atoms. The van der Waals surface area contributed by atoms with Crippen LogP contribution in [-0.4, -0.2) is 20.7 Å². The maximum atomic E-state index is 11.6. The van der Waals surface area contributed by atoms with Gasteiger partial charge in [0.2, 0.25) is 0 Å². The normalized spacial score (nSPS) is 14.3. The van der Waals surface area contributed by atoms with Crippen LogP contribution in [0, 0.1) is 11.5 Å². The number of carbonyl (C=O) groups is 1. The van der Waals surface area contributed by atoms with Crippen molar-refractivity contribution in [2.24, 2.45) is 0 Å². The van der Waals surface area contributed by atoms with E-state index < -0.39 is 8.07 Å². The van der Waals surface area contributed by atoms with Gasteiger partial charge in [-0.2, -0.15) is 0 Å². The Bertz CT molecular complexity index is 709. The first kappa shape index (κ1) is 17.3. The molecule has 0 heterocycles. The van der Waals surface area contributed by atoms with E-state index in [1.807, 2.05) is 19.1 Å². The second-order valence-corrected chi connectivity index (χ2v) is 11.4. The van der Waals surface area contributed by atoms with Crippen molar-refractivity contribution in [3.63, 3.8) is 0 Å². The van der Waals surface area contributed by atoms with E-state index in [4.69, 9.17) is 4.74 Å². The molecule has 2 nitrogen and oxygen atoms in total. The van der Waals surface area contributed by atoms with Crippen LogP contribution in [0.1, 0.15) is 24.5 Å². The minimum absolute atomic E-state index is 0.295. The van der Waals surface area contributed by atoms with E-state index in [9.17, 15) is 4.79 Å². The lowest BCUT2D eigenvalue weighted by Gasteiger charge is -2.19. The van der Waals surface area contributed by atoms with Gasteiger partial charge in [-0.25, -0.2) is 4.79 Å². The SMILES string of the molecule is CCOC(=O)/C=C/C1=C(C#C[Si](C)(C)C)c2ccccc2CC1. The summed E-state index contributed by atoms with van der Waals surface area (Å²) in [5.74, 6) is 3.12. The molecule has 0 N–H and O–H groups in total. The van der Waals surface area contributed by atoms with Gasteiger partial charge in [0.1, 0.15) is 8.07 Å². The number of allylic oxidation sites excluding steroid dienone is 3. The van der Waals surface area contributed by atoms with Crippen LogP contribution < -0.4 is 0 Å². The third kappa shape index (κ3) is 4.97. The zero-order chi connectivity index (χ0) is 16.9. The molecule has 0 amide bonds. The van der Waals surface area contributed by atoms with Gasteiger partial charge in [0.25, 0.3) is 0 Å². The molecule has 0 spiro atoms. The second kappa shape index (κ2) is 7.48. The summed E-state index contributed by atoms with van der Waals surface area (Å²) in [7, 11) is -1.46. The number of fused-ring (bicyclic) bond motifs is 1. The molecule has 23 heavy (non-hydrogen) atoms. The smallest absolute Gasteiger partial charge is 0.330 e. The first-order chi connectivity index (χ1) is 10.9. The van der Waals surface area contributed by atoms with Crippen LogP contribution >= 0.6 is 0 Å². The van der Waals surface area contributed by atoms with Crippen molar-refractivity contribution in [3.05, 3.63) is 53.1 Å². The Kier molecular flexibility index (Phi) is 5.62. The topological polar surface area (TPSA) is 26.3 Å². The molecule has 0 saturated heterocycles. The standard InChI is InChI=1S/C20H24O2Si/c1-5-22-20(21)13-12-17-11-10-16-8-6-7-9-18(16)19(17)14-15-23(2,3)4/h6-9,12-13H,5,10-11H2,1-4H3/b13-12+. The van der Waals surface area contributed by atoms with E-state index in [1.54, 1.807) is 0 Å². The first-order valence-electron chi connectivity index (χ1n) is 8.10. The lowest BCUT2D eigenvalue weighted by molar-refractivity contribution is -0.137. The third-order valence-electron chi connectivity index (χ3n) is 3.54. The highest BCUT2D eigenvalue weighted by atomic mass is 28.3. The number of hydrogen-bond acceptors (Lipinski definition) is 2. The maximum absolute atomic E-state index is 11.6. The lowest BCUT2D eigenvalue weighted by Crippen LogP contribution is -2.16. The molecule has 0 atom stereocenters. The summed E-state index contributed by atoms with van der Waals surface area (Å²) in [5, 5.41) is 0. The Labute approximate surface area is 140 Å². The molecule has 0 aromatic heterocycles. The van der Waals surface area contributed by atoms with Crippen LogP contribution in [-0.2, 0) is 16.0 Å². The Balaban J connectivity index is 2.45. The van der Waals surface area contributed by atoms with E-state index in [2.05, 4.69) is 49.3 Å². The summed E-state index contributed by atoms with van der Waals surface area (Å²) in [6, 6.07) is 8.41. The largest absolute Gasteiger partial charge is 0.463 e.